The van der Waals surface area contributed by atoms with Crippen molar-refractivity contribution in [2.45, 2.75) is 19.5 Å². The van der Waals surface area contributed by atoms with E-state index in [4.69, 9.17) is 4.74 Å². The van der Waals surface area contributed by atoms with Crippen molar-refractivity contribution in [3.63, 3.8) is 0 Å². The lowest BCUT2D eigenvalue weighted by Crippen LogP contribution is -2.19. The number of aromatic hydroxyl groups is 1. The minimum atomic E-state index is 0.117. The van der Waals surface area contributed by atoms with Gasteiger partial charge in [0.1, 0.15) is 11.5 Å². The van der Waals surface area contributed by atoms with E-state index in [1.165, 1.54) is 0 Å². The fourth-order valence-corrected chi connectivity index (χ4v) is 1.83. The van der Waals surface area contributed by atoms with Gasteiger partial charge in [-0.3, -0.25) is 4.98 Å². The van der Waals surface area contributed by atoms with Gasteiger partial charge in [0.05, 0.1) is 12.8 Å². The molecule has 100 valence electrons. The minimum Gasteiger partial charge on any atom is -0.508 e. The second kappa shape index (κ2) is 6.20. The summed E-state index contributed by atoms with van der Waals surface area (Å²) in [6, 6.07) is 11.2. The molecule has 0 amide bonds. The molecule has 2 aromatic rings. The Balaban J connectivity index is 2.02. The molecular weight excluding hydrogens is 240 g/mol. The molecule has 0 saturated carbocycles. The average molecular weight is 258 g/mol. The van der Waals surface area contributed by atoms with E-state index in [9.17, 15) is 5.11 Å². The Bertz CT molecular complexity index is 529. The molecular formula is C15H18N2O2. The van der Waals surface area contributed by atoms with Gasteiger partial charge >= 0.3 is 0 Å². The quantitative estimate of drug-likeness (QED) is 0.865. The molecule has 1 atom stereocenters. The summed E-state index contributed by atoms with van der Waals surface area (Å²) in [6.45, 7) is 2.60. The third kappa shape index (κ3) is 3.45. The van der Waals surface area contributed by atoms with Gasteiger partial charge in [0.15, 0.2) is 0 Å². The van der Waals surface area contributed by atoms with Gasteiger partial charge < -0.3 is 15.2 Å². The van der Waals surface area contributed by atoms with Crippen molar-refractivity contribution >= 4 is 0 Å². The Morgan fingerprint density at radius 2 is 2.16 bits per heavy atom. The lowest BCUT2D eigenvalue weighted by Gasteiger charge is -2.14. The summed E-state index contributed by atoms with van der Waals surface area (Å²) in [5.41, 5.74) is 1.78. The monoisotopic (exact) mass is 258 g/mol. The number of hydrogen-bond acceptors (Lipinski definition) is 4. The maximum absolute atomic E-state index is 9.80. The number of aromatic nitrogens is 1. The normalized spacial score (nSPS) is 12.1. The molecule has 1 aromatic heterocycles. The van der Waals surface area contributed by atoms with Crippen LogP contribution in [0.25, 0.3) is 0 Å². The number of ether oxygens (including phenoxy) is 1. The van der Waals surface area contributed by atoms with Gasteiger partial charge in [-0.2, -0.15) is 0 Å². The highest BCUT2D eigenvalue weighted by molar-refractivity contribution is 5.39. The van der Waals surface area contributed by atoms with Crippen molar-refractivity contribution in [1.29, 1.82) is 0 Å². The summed E-state index contributed by atoms with van der Waals surface area (Å²) in [4.78, 5) is 4.30. The van der Waals surface area contributed by atoms with Crippen LogP contribution in [0.4, 0.5) is 0 Å². The van der Waals surface area contributed by atoms with Crippen LogP contribution >= 0.6 is 0 Å². The van der Waals surface area contributed by atoms with Crippen LogP contribution in [0.5, 0.6) is 11.5 Å². The summed E-state index contributed by atoms with van der Waals surface area (Å²) in [6.07, 6.45) is 1.77. The number of pyridine rings is 1. The minimum absolute atomic E-state index is 0.117. The third-order valence-electron chi connectivity index (χ3n) is 3.02. The molecule has 1 aromatic carbocycles. The molecule has 0 saturated heterocycles. The van der Waals surface area contributed by atoms with E-state index in [0.717, 1.165) is 17.0 Å². The third-order valence-corrected chi connectivity index (χ3v) is 3.02. The Kier molecular flexibility index (Phi) is 4.36. The lowest BCUT2D eigenvalue weighted by molar-refractivity contribution is 0.409. The van der Waals surface area contributed by atoms with Crippen molar-refractivity contribution in [3.8, 4) is 11.5 Å². The van der Waals surface area contributed by atoms with Crippen LogP contribution in [0, 0.1) is 0 Å². The van der Waals surface area contributed by atoms with Crippen LogP contribution in [0.15, 0.2) is 42.6 Å². The molecule has 0 radical (unpaired) electrons. The fraction of sp³-hybridized carbons (Fsp3) is 0.267. The maximum Gasteiger partial charge on any atom is 0.120 e. The van der Waals surface area contributed by atoms with Crippen LogP contribution in [-0.2, 0) is 6.54 Å². The number of nitrogens with zero attached hydrogens (tertiary/aromatic N) is 1. The molecule has 4 heteroatoms. The smallest absolute Gasteiger partial charge is 0.120 e. The molecule has 0 spiro atoms. The first kappa shape index (κ1) is 13.4. The van der Waals surface area contributed by atoms with Crippen molar-refractivity contribution in [2.75, 3.05) is 7.11 Å². The zero-order valence-electron chi connectivity index (χ0n) is 11.1. The van der Waals surface area contributed by atoms with Crippen LogP contribution in [0.3, 0.4) is 0 Å². The number of methoxy groups -OCH3 is 1. The average Bonchev–Trinajstić information content (AvgIpc) is 2.47. The van der Waals surface area contributed by atoms with Crippen molar-refractivity contribution in [2.24, 2.45) is 0 Å². The molecule has 2 rings (SSSR count). The lowest BCUT2D eigenvalue weighted by atomic mass is 10.1. The van der Waals surface area contributed by atoms with Crippen LogP contribution in [-0.4, -0.2) is 17.2 Å². The molecule has 4 nitrogen and oxygen atoms in total. The molecule has 0 bridgehead atoms. The second-order valence-corrected chi connectivity index (χ2v) is 4.35. The zero-order valence-corrected chi connectivity index (χ0v) is 11.1. The van der Waals surface area contributed by atoms with Crippen molar-refractivity contribution in [3.05, 3.63) is 53.9 Å². The topological polar surface area (TPSA) is 54.4 Å². The first-order valence-corrected chi connectivity index (χ1v) is 6.21. The van der Waals surface area contributed by atoms with Gasteiger partial charge in [0.25, 0.3) is 0 Å². The SMILES string of the molecule is COc1ccc(O)c(CNC(C)c2ccccn2)c1. The summed E-state index contributed by atoms with van der Waals surface area (Å²) >= 11 is 0. The summed E-state index contributed by atoms with van der Waals surface area (Å²) in [5, 5.41) is 13.1. The van der Waals surface area contributed by atoms with Gasteiger partial charge in [-0.25, -0.2) is 0 Å². The Morgan fingerprint density at radius 1 is 1.32 bits per heavy atom. The first-order chi connectivity index (χ1) is 9.20. The number of phenolic OH excluding ortho intramolecular Hbond substituents is 1. The molecule has 0 aliphatic carbocycles. The van der Waals surface area contributed by atoms with E-state index in [0.29, 0.717) is 6.54 Å². The molecule has 0 aliphatic rings. The van der Waals surface area contributed by atoms with E-state index in [2.05, 4.69) is 10.3 Å². The summed E-state index contributed by atoms with van der Waals surface area (Å²) in [5.74, 6) is 1.00. The number of benzene rings is 1. The molecule has 0 fully saturated rings. The highest BCUT2D eigenvalue weighted by Crippen LogP contribution is 2.23. The highest BCUT2D eigenvalue weighted by Gasteiger charge is 2.08. The Labute approximate surface area is 113 Å². The van der Waals surface area contributed by atoms with E-state index >= 15 is 0 Å². The van der Waals surface area contributed by atoms with Gasteiger partial charge in [-0.05, 0) is 37.3 Å². The van der Waals surface area contributed by atoms with Gasteiger partial charge in [-0.15, -0.1) is 0 Å². The summed E-state index contributed by atoms with van der Waals surface area (Å²) < 4.78 is 5.15. The molecule has 19 heavy (non-hydrogen) atoms. The van der Waals surface area contributed by atoms with Crippen LogP contribution in [0.2, 0.25) is 0 Å². The van der Waals surface area contributed by atoms with Crippen LogP contribution < -0.4 is 10.1 Å². The van der Waals surface area contributed by atoms with Gasteiger partial charge in [-0.1, -0.05) is 6.07 Å². The summed E-state index contributed by atoms with van der Waals surface area (Å²) in [7, 11) is 1.61. The fourth-order valence-electron chi connectivity index (χ4n) is 1.83. The molecule has 1 unspecified atom stereocenters. The number of phenols is 1. The predicted octanol–water partition coefficient (Wildman–Crippen LogP) is 2.65. The molecule has 2 N–H and O–H groups in total. The molecule has 0 aliphatic heterocycles. The predicted molar refractivity (Wildman–Crippen MR) is 74.2 cm³/mol. The van der Waals surface area contributed by atoms with E-state index in [1.54, 1.807) is 25.4 Å². The first-order valence-electron chi connectivity index (χ1n) is 6.21. The standard InChI is InChI=1S/C15H18N2O2/c1-11(14-5-3-4-8-16-14)17-10-12-9-13(19-2)6-7-15(12)18/h3-9,11,17-18H,10H2,1-2H3. The molecule has 1 heterocycles. The number of hydrogen-bond donors (Lipinski definition) is 2. The second-order valence-electron chi connectivity index (χ2n) is 4.35. The van der Waals surface area contributed by atoms with E-state index < -0.39 is 0 Å². The Hall–Kier alpha value is -2.07. The van der Waals surface area contributed by atoms with Crippen molar-refractivity contribution in [1.82, 2.24) is 10.3 Å². The maximum atomic E-state index is 9.80. The van der Waals surface area contributed by atoms with Gasteiger partial charge in [0.2, 0.25) is 0 Å². The number of rotatable bonds is 5. The van der Waals surface area contributed by atoms with Gasteiger partial charge in [0, 0.05) is 24.3 Å². The Morgan fingerprint density at radius 3 is 2.84 bits per heavy atom. The largest absolute Gasteiger partial charge is 0.508 e. The zero-order chi connectivity index (χ0) is 13.7. The van der Waals surface area contributed by atoms with E-state index in [1.807, 2.05) is 31.2 Å². The highest BCUT2D eigenvalue weighted by atomic mass is 16.5. The van der Waals surface area contributed by atoms with Crippen LogP contribution in [0.1, 0.15) is 24.2 Å². The van der Waals surface area contributed by atoms with E-state index in [-0.39, 0.29) is 11.8 Å². The number of nitrogens with one attached hydrogen (secondary N) is 1. The van der Waals surface area contributed by atoms with Crippen molar-refractivity contribution < 1.29 is 9.84 Å².